The van der Waals surface area contributed by atoms with Gasteiger partial charge in [0.2, 0.25) is 0 Å². The zero-order chi connectivity index (χ0) is 7.82. The van der Waals surface area contributed by atoms with Gasteiger partial charge in [0.25, 0.3) is 0 Å². The molecule has 0 saturated carbocycles. The lowest BCUT2D eigenvalue weighted by atomic mass is 10.2. The van der Waals surface area contributed by atoms with E-state index in [1.54, 1.807) is 0 Å². The quantitative estimate of drug-likeness (QED) is 0.369. The summed E-state index contributed by atoms with van der Waals surface area (Å²) in [5.41, 5.74) is 0. The molecular formula is C7H15O2P. The molecule has 60 valence electrons. The zero-order valence-electron chi connectivity index (χ0n) is 6.32. The van der Waals surface area contributed by atoms with Crippen molar-refractivity contribution in [3.05, 3.63) is 12.2 Å². The van der Waals surface area contributed by atoms with E-state index in [4.69, 9.17) is 9.79 Å². The molecule has 2 N–H and O–H groups in total. The molecular weight excluding hydrogens is 147 g/mol. The van der Waals surface area contributed by atoms with E-state index in [1.807, 2.05) is 12.2 Å². The molecule has 0 saturated heterocycles. The highest BCUT2D eigenvalue weighted by Crippen LogP contribution is 2.21. The molecule has 0 aliphatic rings. The van der Waals surface area contributed by atoms with Crippen LogP contribution in [0.4, 0.5) is 0 Å². The van der Waals surface area contributed by atoms with E-state index in [-0.39, 0.29) is 0 Å². The Morgan fingerprint density at radius 2 is 2.00 bits per heavy atom. The Labute approximate surface area is 63.5 Å². The topological polar surface area (TPSA) is 40.5 Å². The predicted octanol–water partition coefficient (Wildman–Crippen LogP) is 2.03. The minimum absolute atomic E-state index is 0.416. The molecule has 0 aromatic heterocycles. The summed E-state index contributed by atoms with van der Waals surface area (Å²) in [6.07, 6.45) is 7.69. The maximum absolute atomic E-state index is 8.48. The Balaban J connectivity index is 3.04. The maximum Gasteiger partial charge on any atom is 0.168 e. The molecule has 0 spiro atoms. The second-order valence-corrected chi connectivity index (χ2v) is 3.28. The molecule has 0 fully saturated rings. The summed E-state index contributed by atoms with van der Waals surface area (Å²) < 4.78 is 0. The van der Waals surface area contributed by atoms with Crippen LogP contribution in [0.2, 0.25) is 0 Å². The second-order valence-electron chi connectivity index (χ2n) is 2.17. The minimum atomic E-state index is -1.71. The molecule has 0 aromatic carbocycles. The SMILES string of the molecule is CCCC/C=C/CP(O)O. The van der Waals surface area contributed by atoms with Crippen molar-refractivity contribution in [3.63, 3.8) is 0 Å². The van der Waals surface area contributed by atoms with Crippen LogP contribution in [0.5, 0.6) is 0 Å². The first-order chi connectivity index (χ1) is 4.77. The van der Waals surface area contributed by atoms with E-state index in [0.717, 1.165) is 6.42 Å². The van der Waals surface area contributed by atoms with Crippen molar-refractivity contribution < 1.29 is 9.79 Å². The maximum atomic E-state index is 8.48. The molecule has 0 radical (unpaired) electrons. The first-order valence-electron chi connectivity index (χ1n) is 3.57. The third-order valence-corrected chi connectivity index (χ3v) is 1.70. The third-order valence-electron chi connectivity index (χ3n) is 1.16. The van der Waals surface area contributed by atoms with Gasteiger partial charge in [0, 0.05) is 6.16 Å². The van der Waals surface area contributed by atoms with Gasteiger partial charge in [-0.15, -0.1) is 0 Å². The van der Waals surface area contributed by atoms with Gasteiger partial charge in [-0.2, -0.15) is 0 Å². The Kier molecular flexibility index (Phi) is 7.26. The molecule has 2 nitrogen and oxygen atoms in total. The Morgan fingerprint density at radius 1 is 1.30 bits per heavy atom. The molecule has 0 amide bonds. The fourth-order valence-corrected chi connectivity index (χ4v) is 0.946. The number of unbranched alkanes of at least 4 members (excludes halogenated alkanes) is 2. The van der Waals surface area contributed by atoms with Gasteiger partial charge in [-0.1, -0.05) is 31.9 Å². The molecule has 0 aliphatic carbocycles. The highest BCUT2D eigenvalue weighted by Gasteiger charge is 1.90. The number of rotatable bonds is 5. The Morgan fingerprint density at radius 3 is 2.50 bits per heavy atom. The highest BCUT2D eigenvalue weighted by molar-refractivity contribution is 7.45. The fourth-order valence-electron chi connectivity index (χ4n) is 0.609. The molecule has 0 heterocycles. The second kappa shape index (κ2) is 7.20. The summed E-state index contributed by atoms with van der Waals surface area (Å²) in [7, 11) is -1.71. The summed E-state index contributed by atoms with van der Waals surface area (Å²) in [5, 5.41) is 0. The van der Waals surface area contributed by atoms with Crippen LogP contribution >= 0.6 is 8.38 Å². The van der Waals surface area contributed by atoms with Crippen LogP contribution in [0.15, 0.2) is 12.2 Å². The van der Waals surface area contributed by atoms with Gasteiger partial charge in [-0.05, 0) is 6.42 Å². The minimum Gasteiger partial charge on any atom is -0.350 e. The van der Waals surface area contributed by atoms with Gasteiger partial charge in [0.05, 0.1) is 0 Å². The fraction of sp³-hybridized carbons (Fsp3) is 0.714. The van der Waals surface area contributed by atoms with Crippen molar-refractivity contribution in [1.82, 2.24) is 0 Å². The predicted molar refractivity (Wildman–Crippen MR) is 44.9 cm³/mol. The number of allylic oxidation sites excluding steroid dienone is 2. The summed E-state index contributed by atoms with van der Waals surface area (Å²) in [6, 6.07) is 0. The van der Waals surface area contributed by atoms with Crippen LogP contribution in [0.1, 0.15) is 26.2 Å². The first-order valence-corrected chi connectivity index (χ1v) is 5.01. The van der Waals surface area contributed by atoms with Crippen LogP contribution in [-0.4, -0.2) is 15.9 Å². The summed E-state index contributed by atoms with van der Waals surface area (Å²) in [6.45, 7) is 2.14. The molecule has 0 aliphatic heterocycles. The van der Waals surface area contributed by atoms with Gasteiger partial charge in [-0.25, -0.2) is 0 Å². The normalized spacial score (nSPS) is 11.6. The van der Waals surface area contributed by atoms with Gasteiger partial charge in [0.1, 0.15) is 0 Å². The van der Waals surface area contributed by atoms with E-state index in [1.165, 1.54) is 12.8 Å². The van der Waals surface area contributed by atoms with E-state index < -0.39 is 8.38 Å². The van der Waals surface area contributed by atoms with Gasteiger partial charge in [0.15, 0.2) is 8.38 Å². The third kappa shape index (κ3) is 8.09. The number of hydrogen-bond acceptors (Lipinski definition) is 2. The van der Waals surface area contributed by atoms with Crippen LogP contribution in [0.3, 0.4) is 0 Å². The molecule has 0 unspecified atom stereocenters. The van der Waals surface area contributed by atoms with Crippen molar-refractivity contribution in [2.24, 2.45) is 0 Å². The Bertz CT molecular complexity index is 91.6. The van der Waals surface area contributed by atoms with E-state index in [2.05, 4.69) is 6.92 Å². The molecule has 0 bridgehead atoms. The van der Waals surface area contributed by atoms with Crippen LogP contribution in [0.25, 0.3) is 0 Å². The van der Waals surface area contributed by atoms with Crippen molar-refractivity contribution in [2.45, 2.75) is 26.2 Å². The van der Waals surface area contributed by atoms with E-state index in [0.29, 0.717) is 6.16 Å². The highest BCUT2D eigenvalue weighted by atomic mass is 31.2. The molecule has 0 atom stereocenters. The molecule has 10 heavy (non-hydrogen) atoms. The summed E-state index contributed by atoms with van der Waals surface area (Å²) >= 11 is 0. The lowest BCUT2D eigenvalue weighted by Gasteiger charge is -1.93. The summed E-state index contributed by atoms with van der Waals surface area (Å²) in [5.74, 6) is 0. The Hall–Kier alpha value is 0.0900. The number of hydrogen-bond donors (Lipinski definition) is 2. The van der Waals surface area contributed by atoms with E-state index in [9.17, 15) is 0 Å². The monoisotopic (exact) mass is 162 g/mol. The van der Waals surface area contributed by atoms with Crippen molar-refractivity contribution in [1.29, 1.82) is 0 Å². The molecule has 0 rings (SSSR count). The van der Waals surface area contributed by atoms with Crippen molar-refractivity contribution >= 4 is 8.38 Å². The van der Waals surface area contributed by atoms with Crippen LogP contribution < -0.4 is 0 Å². The van der Waals surface area contributed by atoms with Crippen LogP contribution in [0, 0.1) is 0 Å². The molecule has 0 aromatic rings. The lowest BCUT2D eigenvalue weighted by Crippen LogP contribution is -1.75. The molecule has 3 heteroatoms. The van der Waals surface area contributed by atoms with Crippen molar-refractivity contribution in [3.8, 4) is 0 Å². The summed E-state index contributed by atoms with van der Waals surface area (Å²) in [4.78, 5) is 17.0. The standard InChI is InChI=1S/C7H15O2P/c1-2-3-4-5-6-7-10(8)9/h5-6,8-9H,2-4,7H2,1H3/b6-5+. The van der Waals surface area contributed by atoms with Gasteiger partial charge < -0.3 is 9.79 Å². The average molecular weight is 162 g/mol. The zero-order valence-corrected chi connectivity index (χ0v) is 7.22. The smallest absolute Gasteiger partial charge is 0.168 e. The van der Waals surface area contributed by atoms with E-state index >= 15 is 0 Å². The van der Waals surface area contributed by atoms with Gasteiger partial charge >= 0.3 is 0 Å². The lowest BCUT2D eigenvalue weighted by molar-refractivity contribution is 0.487. The largest absolute Gasteiger partial charge is 0.350 e. The van der Waals surface area contributed by atoms with Crippen molar-refractivity contribution in [2.75, 3.05) is 6.16 Å². The van der Waals surface area contributed by atoms with Gasteiger partial charge in [-0.3, -0.25) is 0 Å². The average Bonchev–Trinajstić information content (AvgIpc) is 1.87. The van der Waals surface area contributed by atoms with Crippen LogP contribution in [-0.2, 0) is 0 Å². The first kappa shape index (κ1) is 10.1.